The van der Waals surface area contributed by atoms with Crippen LogP contribution in [-0.4, -0.2) is 27.0 Å². The lowest BCUT2D eigenvalue weighted by molar-refractivity contribution is 1.15. The summed E-state index contributed by atoms with van der Waals surface area (Å²) in [7, 11) is 1.81. The number of aryl methyl sites for hydroxylation is 1. The van der Waals surface area contributed by atoms with Gasteiger partial charge >= 0.3 is 0 Å². The first-order chi connectivity index (χ1) is 9.78. The van der Waals surface area contributed by atoms with E-state index in [-0.39, 0.29) is 0 Å². The second-order valence-electron chi connectivity index (χ2n) is 4.19. The molecule has 3 heterocycles. The zero-order chi connectivity index (χ0) is 13.9. The summed E-state index contributed by atoms with van der Waals surface area (Å²) in [6.45, 7) is 1.99. The molecule has 0 aliphatic rings. The average molecular weight is 283 g/mol. The van der Waals surface area contributed by atoms with Gasteiger partial charge in [0.15, 0.2) is 0 Å². The van der Waals surface area contributed by atoms with Crippen LogP contribution in [0.4, 0.5) is 5.95 Å². The lowest BCUT2D eigenvalue weighted by Crippen LogP contribution is -1.96. The first-order valence-electron chi connectivity index (χ1n) is 6.17. The van der Waals surface area contributed by atoms with Crippen LogP contribution in [0.2, 0.25) is 0 Å². The maximum absolute atomic E-state index is 4.61. The molecule has 1 N–H and O–H groups in total. The molecule has 0 atom stereocenters. The molecule has 0 radical (unpaired) electrons. The van der Waals surface area contributed by atoms with Crippen molar-refractivity contribution in [3.8, 4) is 21.1 Å². The Morgan fingerprint density at radius 3 is 2.80 bits per heavy atom. The molecule has 0 aromatic carbocycles. The van der Waals surface area contributed by atoms with Crippen LogP contribution in [0.25, 0.3) is 21.1 Å². The Labute approximate surface area is 120 Å². The SMILES string of the molecule is CNc1nccc(-c2sc(-c3cccnc3)nc2C)n1. The van der Waals surface area contributed by atoms with Crippen molar-refractivity contribution in [1.82, 2.24) is 19.9 Å². The third kappa shape index (κ3) is 2.37. The summed E-state index contributed by atoms with van der Waals surface area (Å²) in [6.07, 6.45) is 5.33. The number of rotatable bonds is 3. The van der Waals surface area contributed by atoms with Crippen LogP contribution in [-0.2, 0) is 0 Å². The van der Waals surface area contributed by atoms with Crippen LogP contribution < -0.4 is 5.32 Å². The van der Waals surface area contributed by atoms with Crippen LogP contribution in [0.15, 0.2) is 36.8 Å². The third-order valence-electron chi connectivity index (χ3n) is 2.82. The van der Waals surface area contributed by atoms with Crippen LogP contribution in [0, 0.1) is 6.92 Å². The van der Waals surface area contributed by atoms with Crippen molar-refractivity contribution in [3.63, 3.8) is 0 Å². The van der Waals surface area contributed by atoms with Gasteiger partial charge in [-0.05, 0) is 25.1 Å². The van der Waals surface area contributed by atoms with E-state index >= 15 is 0 Å². The molecule has 3 aromatic heterocycles. The Balaban J connectivity index is 2.05. The molecule has 5 nitrogen and oxygen atoms in total. The van der Waals surface area contributed by atoms with E-state index in [1.165, 1.54) is 0 Å². The monoisotopic (exact) mass is 283 g/mol. The number of nitrogens with one attached hydrogen (secondary N) is 1. The fourth-order valence-corrected chi connectivity index (χ4v) is 2.88. The van der Waals surface area contributed by atoms with E-state index in [2.05, 4.69) is 25.3 Å². The molecule has 0 fully saturated rings. The molecule has 0 aliphatic carbocycles. The lowest BCUT2D eigenvalue weighted by Gasteiger charge is -2.00. The highest BCUT2D eigenvalue weighted by atomic mass is 32.1. The number of hydrogen-bond donors (Lipinski definition) is 1. The van der Waals surface area contributed by atoms with E-state index in [1.54, 1.807) is 30.8 Å². The summed E-state index contributed by atoms with van der Waals surface area (Å²) in [5.41, 5.74) is 2.87. The quantitative estimate of drug-likeness (QED) is 0.800. The van der Waals surface area contributed by atoms with Crippen molar-refractivity contribution >= 4 is 17.3 Å². The van der Waals surface area contributed by atoms with Gasteiger partial charge in [0.05, 0.1) is 16.3 Å². The summed E-state index contributed by atoms with van der Waals surface area (Å²) in [5.74, 6) is 0.609. The number of pyridine rings is 1. The molecule has 3 aromatic rings. The highest BCUT2D eigenvalue weighted by Gasteiger charge is 2.12. The van der Waals surface area contributed by atoms with Crippen LogP contribution in [0.3, 0.4) is 0 Å². The molecule has 0 aliphatic heterocycles. The second kappa shape index (κ2) is 5.34. The molecular formula is C14H13N5S. The van der Waals surface area contributed by atoms with E-state index in [0.29, 0.717) is 5.95 Å². The predicted molar refractivity (Wildman–Crippen MR) is 80.7 cm³/mol. The molecule has 0 spiro atoms. The molecule has 0 saturated carbocycles. The number of thiazole rings is 1. The molecule has 20 heavy (non-hydrogen) atoms. The van der Waals surface area contributed by atoms with Crippen molar-refractivity contribution in [2.45, 2.75) is 6.92 Å². The Morgan fingerprint density at radius 1 is 1.15 bits per heavy atom. The van der Waals surface area contributed by atoms with Crippen molar-refractivity contribution in [3.05, 3.63) is 42.5 Å². The topological polar surface area (TPSA) is 63.6 Å². The minimum atomic E-state index is 0.609. The zero-order valence-corrected chi connectivity index (χ0v) is 12.0. The lowest BCUT2D eigenvalue weighted by atomic mass is 10.3. The minimum Gasteiger partial charge on any atom is -0.357 e. The fourth-order valence-electron chi connectivity index (χ4n) is 1.85. The van der Waals surface area contributed by atoms with Crippen molar-refractivity contribution in [1.29, 1.82) is 0 Å². The smallest absolute Gasteiger partial charge is 0.222 e. The number of aromatic nitrogens is 4. The first kappa shape index (κ1) is 12.7. The van der Waals surface area contributed by atoms with Gasteiger partial charge in [-0.2, -0.15) is 0 Å². The van der Waals surface area contributed by atoms with E-state index < -0.39 is 0 Å². The number of hydrogen-bond acceptors (Lipinski definition) is 6. The fraction of sp³-hybridized carbons (Fsp3) is 0.143. The largest absolute Gasteiger partial charge is 0.357 e. The van der Waals surface area contributed by atoms with Crippen molar-refractivity contribution in [2.75, 3.05) is 12.4 Å². The standard InChI is InChI=1S/C14H13N5S/c1-9-12(11-5-7-17-14(15-2)19-11)20-13(18-9)10-4-3-6-16-8-10/h3-8H,1-2H3,(H,15,17,19). The maximum Gasteiger partial charge on any atom is 0.222 e. The molecule has 0 amide bonds. The van der Waals surface area contributed by atoms with Gasteiger partial charge in [0, 0.05) is 31.2 Å². The highest BCUT2D eigenvalue weighted by molar-refractivity contribution is 7.18. The molecule has 0 bridgehead atoms. The van der Waals surface area contributed by atoms with Crippen LogP contribution in [0.5, 0.6) is 0 Å². The summed E-state index contributed by atoms with van der Waals surface area (Å²) in [6, 6.07) is 5.82. The molecule has 0 saturated heterocycles. The van der Waals surface area contributed by atoms with Crippen molar-refractivity contribution < 1.29 is 0 Å². The van der Waals surface area contributed by atoms with Crippen LogP contribution in [0.1, 0.15) is 5.69 Å². The van der Waals surface area contributed by atoms with E-state index in [9.17, 15) is 0 Å². The van der Waals surface area contributed by atoms with Gasteiger partial charge in [0.25, 0.3) is 0 Å². The van der Waals surface area contributed by atoms with Gasteiger partial charge in [-0.15, -0.1) is 11.3 Å². The third-order valence-corrected chi connectivity index (χ3v) is 4.05. The first-order valence-corrected chi connectivity index (χ1v) is 6.98. The molecular weight excluding hydrogens is 270 g/mol. The number of nitrogens with zero attached hydrogens (tertiary/aromatic N) is 4. The van der Waals surface area contributed by atoms with Crippen LogP contribution >= 0.6 is 11.3 Å². The molecule has 100 valence electrons. The van der Waals surface area contributed by atoms with Gasteiger partial charge in [0.2, 0.25) is 5.95 Å². The normalized spacial score (nSPS) is 10.5. The Hall–Kier alpha value is -2.34. The van der Waals surface area contributed by atoms with Gasteiger partial charge in [-0.3, -0.25) is 4.98 Å². The maximum atomic E-state index is 4.61. The molecule has 6 heteroatoms. The number of anilines is 1. The summed E-state index contributed by atoms with van der Waals surface area (Å²) >= 11 is 1.62. The van der Waals surface area contributed by atoms with Gasteiger partial charge in [0.1, 0.15) is 5.01 Å². The van der Waals surface area contributed by atoms with Gasteiger partial charge in [-0.25, -0.2) is 15.0 Å². The van der Waals surface area contributed by atoms with Crippen molar-refractivity contribution in [2.24, 2.45) is 0 Å². The average Bonchev–Trinajstić information content (AvgIpc) is 2.90. The van der Waals surface area contributed by atoms with Gasteiger partial charge in [-0.1, -0.05) is 0 Å². The van der Waals surface area contributed by atoms with Gasteiger partial charge < -0.3 is 5.32 Å². The summed E-state index contributed by atoms with van der Waals surface area (Å²) < 4.78 is 0. The zero-order valence-electron chi connectivity index (χ0n) is 11.2. The molecule has 0 unspecified atom stereocenters. The predicted octanol–water partition coefficient (Wildman–Crippen LogP) is 3.01. The summed E-state index contributed by atoms with van der Waals surface area (Å²) in [5, 5.41) is 3.90. The summed E-state index contributed by atoms with van der Waals surface area (Å²) in [4.78, 5) is 18.4. The molecule has 3 rings (SSSR count). The van der Waals surface area contributed by atoms with E-state index in [0.717, 1.165) is 26.8 Å². The highest BCUT2D eigenvalue weighted by Crippen LogP contribution is 2.33. The van der Waals surface area contributed by atoms with E-state index in [1.807, 2.05) is 31.3 Å². The van der Waals surface area contributed by atoms with E-state index in [4.69, 9.17) is 0 Å². The Bertz CT molecular complexity index is 723. The minimum absolute atomic E-state index is 0.609. The Kier molecular flexibility index (Phi) is 3.39. The Morgan fingerprint density at radius 2 is 2.05 bits per heavy atom. The second-order valence-corrected chi connectivity index (χ2v) is 5.19.